The Morgan fingerprint density at radius 2 is 1.75 bits per heavy atom. The average molecular weight is 534 g/mol. The second-order valence-electron chi connectivity index (χ2n) is 12.1. The van der Waals surface area contributed by atoms with Gasteiger partial charge in [0.15, 0.2) is 0 Å². The second-order valence-corrected chi connectivity index (χ2v) is 12.1. The number of amides is 2. The number of nitrogens with two attached hydrogens (primary N) is 1. The third-order valence-electron chi connectivity index (χ3n) is 9.38. The molecule has 2 N–H and O–H groups in total. The number of fused-ring (bicyclic) bond motifs is 2. The summed E-state index contributed by atoms with van der Waals surface area (Å²) in [5, 5.41) is 0. The third kappa shape index (κ3) is 4.48. The highest BCUT2D eigenvalue weighted by molar-refractivity contribution is 5.93. The molecule has 3 aliphatic rings. The minimum absolute atomic E-state index is 0.191. The van der Waals surface area contributed by atoms with E-state index in [0.29, 0.717) is 23.4 Å². The number of primary amides is 1. The van der Waals surface area contributed by atoms with Crippen molar-refractivity contribution in [2.45, 2.75) is 45.1 Å². The highest BCUT2D eigenvalue weighted by Gasteiger charge is 2.48. The van der Waals surface area contributed by atoms with E-state index in [2.05, 4.69) is 41.1 Å². The van der Waals surface area contributed by atoms with Crippen LogP contribution in [0.1, 0.15) is 58.0 Å². The Hall–Kier alpha value is -3.97. The molecule has 2 fully saturated rings. The first-order valence-electron chi connectivity index (χ1n) is 14.4. The zero-order valence-corrected chi connectivity index (χ0v) is 23.0. The molecule has 2 amide bonds. The molecule has 2 aromatic carbocycles. The van der Waals surface area contributed by atoms with Crippen LogP contribution in [0.15, 0.2) is 67.0 Å². The lowest BCUT2D eigenvalue weighted by atomic mass is 9.71. The molecule has 0 saturated carbocycles. The molecule has 7 nitrogen and oxygen atoms in total. The second kappa shape index (κ2) is 9.59. The number of pyridine rings is 1. The molecular weight excluding hydrogens is 498 g/mol. The Labute approximate surface area is 234 Å². The van der Waals surface area contributed by atoms with E-state index in [1.807, 2.05) is 39.9 Å². The average Bonchev–Trinajstić information content (AvgIpc) is 3.54. The monoisotopic (exact) mass is 533 g/mol. The maximum Gasteiger partial charge on any atom is 0.248 e. The van der Waals surface area contributed by atoms with E-state index in [-0.39, 0.29) is 5.91 Å². The first kappa shape index (κ1) is 25.0. The van der Waals surface area contributed by atoms with Crippen LogP contribution in [0.4, 0.5) is 0 Å². The van der Waals surface area contributed by atoms with Crippen molar-refractivity contribution >= 4 is 17.5 Å². The van der Waals surface area contributed by atoms with Crippen LogP contribution in [0.3, 0.4) is 0 Å². The topological polar surface area (TPSA) is 83.9 Å². The van der Waals surface area contributed by atoms with Gasteiger partial charge in [-0.15, -0.1) is 0 Å². The number of likely N-dealkylation sites (tertiary alicyclic amines) is 2. The molecule has 2 aliphatic heterocycles. The fourth-order valence-electron chi connectivity index (χ4n) is 7.05. The summed E-state index contributed by atoms with van der Waals surface area (Å²) in [6, 6.07) is 19.0. The molecule has 4 heterocycles. The third-order valence-corrected chi connectivity index (χ3v) is 9.38. The van der Waals surface area contributed by atoms with Crippen molar-refractivity contribution in [1.82, 2.24) is 19.2 Å². The molecule has 40 heavy (non-hydrogen) atoms. The van der Waals surface area contributed by atoms with E-state index in [0.717, 1.165) is 62.3 Å². The molecule has 7 heteroatoms. The number of nitrogens with zero attached hydrogens (tertiary/aromatic N) is 4. The van der Waals surface area contributed by atoms with Gasteiger partial charge in [-0.25, -0.2) is 4.98 Å². The Kier molecular flexibility index (Phi) is 6.00. The number of benzene rings is 2. The van der Waals surface area contributed by atoms with Gasteiger partial charge in [0.1, 0.15) is 5.65 Å². The van der Waals surface area contributed by atoms with Gasteiger partial charge in [-0.2, -0.15) is 0 Å². The van der Waals surface area contributed by atoms with E-state index >= 15 is 0 Å². The molecule has 2 aromatic heterocycles. The Morgan fingerprint density at radius 1 is 1.00 bits per heavy atom. The van der Waals surface area contributed by atoms with Crippen LogP contribution in [-0.4, -0.2) is 57.2 Å². The first-order valence-corrected chi connectivity index (χ1v) is 14.4. The fraction of sp³-hybridized carbons (Fsp3) is 0.364. The van der Waals surface area contributed by atoms with Crippen molar-refractivity contribution in [3.05, 3.63) is 94.9 Å². The summed E-state index contributed by atoms with van der Waals surface area (Å²) in [6.07, 6.45) is 8.78. The summed E-state index contributed by atoms with van der Waals surface area (Å²) >= 11 is 0. The fourth-order valence-corrected chi connectivity index (χ4v) is 7.05. The zero-order valence-electron chi connectivity index (χ0n) is 23.0. The highest BCUT2D eigenvalue weighted by atomic mass is 16.2. The molecule has 7 rings (SSSR count). The van der Waals surface area contributed by atoms with Crippen molar-refractivity contribution in [3.8, 4) is 11.1 Å². The SMILES string of the molecule is Cc1ccn2cc(CC(=O)N3CCC4(CC3)CN([C@@H]3CCc5cc(-c6ccc(C(N)=O)cc6)ccc53)C4)nc2c1. The molecule has 4 aromatic rings. The Morgan fingerprint density at radius 3 is 2.50 bits per heavy atom. The summed E-state index contributed by atoms with van der Waals surface area (Å²) in [4.78, 5) is 33.8. The van der Waals surface area contributed by atoms with Gasteiger partial charge in [0.2, 0.25) is 11.8 Å². The molecule has 0 radical (unpaired) electrons. The van der Waals surface area contributed by atoms with Crippen molar-refractivity contribution < 1.29 is 9.59 Å². The maximum absolute atomic E-state index is 13.1. The lowest BCUT2D eigenvalue weighted by Crippen LogP contribution is -2.61. The first-order chi connectivity index (χ1) is 19.4. The molecule has 2 saturated heterocycles. The molecular formula is C33H35N5O2. The van der Waals surface area contributed by atoms with Gasteiger partial charge in [0.25, 0.3) is 0 Å². The standard InChI is InChI=1S/C33H35N5O2/c1-22-10-13-37-19-27(35-30(37)16-22)18-31(39)36-14-11-33(12-15-36)20-38(21-33)29-9-7-26-17-25(6-8-28(26)29)23-2-4-24(5-3-23)32(34)40/h2-6,8,10,13,16-17,19,29H,7,9,11-12,14-15,18,20-21H2,1H3,(H2,34,40)/t29-/m1/s1. The summed E-state index contributed by atoms with van der Waals surface area (Å²) in [5.74, 6) is -0.206. The van der Waals surface area contributed by atoms with Gasteiger partial charge < -0.3 is 15.0 Å². The molecule has 204 valence electrons. The minimum Gasteiger partial charge on any atom is -0.366 e. The summed E-state index contributed by atoms with van der Waals surface area (Å²) in [5.41, 5.74) is 14.4. The predicted octanol–water partition coefficient (Wildman–Crippen LogP) is 4.56. The largest absolute Gasteiger partial charge is 0.366 e. The number of carbonyl (C=O) groups is 2. The van der Waals surface area contributed by atoms with Crippen molar-refractivity contribution in [2.75, 3.05) is 26.2 Å². The van der Waals surface area contributed by atoms with Crippen molar-refractivity contribution in [1.29, 1.82) is 0 Å². The summed E-state index contributed by atoms with van der Waals surface area (Å²) in [7, 11) is 0. The van der Waals surface area contributed by atoms with Crippen LogP contribution >= 0.6 is 0 Å². The van der Waals surface area contributed by atoms with Gasteiger partial charge in [-0.3, -0.25) is 14.5 Å². The Bertz CT molecular complexity index is 1610. The zero-order chi connectivity index (χ0) is 27.4. The number of piperidine rings is 1. The maximum atomic E-state index is 13.1. The summed E-state index contributed by atoms with van der Waals surface area (Å²) < 4.78 is 1.99. The van der Waals surface area contributed by atoms with E-state index < -0.39 is 5.91 Å². The molecule has 0 unspecified atom stereocenters. The van der Waals surface area contributed by atoms with Crippen LogP contribution in [0.5, 0.6) is 0 Å². The number of imidazole rings is 1. The number of hydrogen-bond acceptors (Lipinski definition) is 4. The van der Waals surface area contributed by atoms with Crippen molar-refractivity contribution in [3.63, 3.8) is 0 Å². The number of rotatable bonds is 5. The van der Waals surface area contributed by atoms with E-state index in [1.54, 1.807) is 12.1 Å². The van der Waals surface area contributed by atoms with E-state index in [1.165, 1.54) is 28.7 Å². The lowest BCUT2D eigenvalue weighted by molar-refractivity contribution is -0.136. The number of hydrogen-bond donors (Lipinski definition) is 1. The Balaban J connectivity index is 0.945. The van der Waals surface area contributed by atoms with Crippen LogP contribution in [-0.2, 0) is 17.6 Å². The van der Waals surface area contributed by atoms with E-state index in [4.69, 9.17) is 5.73 Å². The molecule has 1 spiro atoms. The predicted molar refractivity (Wildman–Crippen MR) is 155 cm³/mol. The van der Waals surface area contributed by atoms with Gasteiger partial charge >= 0.3 is 0 Å². The van der Waals surface area contributed by atoms with Gasteiger partial charge in [0.05, 0.1) is 12.1 Å². The van der Waals surface area contributed by atoms with Crippen molar-refractivity contribution in [2.24, 2.45) is 11.1 Å². The van der Waals surface area contributed by atoms with E-state index in [9.17, 15) is 9.59 Å². The lowest BCUT2D eigenvalue weighted by Gasteiger charge is -2.56. The summed E-state index contributed by atoms with van der Waals surface area (Å²) in [6.45, 7) is 6.00. The quantitative estimate of drug-likeness (QED) is 0.408. The number of carbonyl (C=O) groups excluding carboxylic acids is 2. The number of aryl methyl sites for hydroxylation is 2. The number of aromatic nitrogens is 2. The molecule has 1 aliphatic carbocycles. The minimum atomic E-state index is -0.397. The van der Waals surface area contributed by atoms with Gasteiger partial charge in [-0.1, -0.05) is 30.3 Å². The van der Waals surface area contributed by atoms with Crippen LogP contribution in [0.25, 0.3) is 16.8 Å². The molecule has 1 atom stereocenters. The normalized spacial score (nSPS) is 20.0. The smallest absolute Gasteiger partial charge is 0.248 e. The van der Waals surface area contributed by atoms with Gasteiger partial charge in [0, 0.05) is 50.2 Å². The van der Waals surface area contributed by atoms with Gasteiger partial charge in [-0.05, 0) is 90.1 Å². The van der Waals surface area contributed by atoms with Crippen LogP contribution < -0.4 is 5.73 Å². The highest BCUT2D eigenvalue weighted by Crippen LogP contribution is 2.48. The van der Waals surface area contributed by atoms with Crippen LogP contribution in [0, 0.1) is 12.3 Å². The molecule has 0 bridgehead atoms. The van der Waals surface area contributed by atoms with Crippen LogP contribution in [0.2, 0.25) is 0 Å².